The van der Waals surface area contributed by atoms with E-state index in [0.717, 1.165) is 16.0 Å². The standard InChI is InChI=1S/C14H10ClN3OS/c15-10-7-8(5-6-9(10)13(16)17)20-14-18-11-3-1-2-4-12(11)19-14/h1-7H,(H3,16,17). The third kappa shape index (κ3) is 2.50. The van der Waals surface area contributed by atoms with Gasteiger partial charge in [0, 0.05) is 10.5 Å². The van der Waals surface area contributed by atoms with Gasteiger partial charge in [-0.1, -0.05) is 23.7 Å². The van der Waals surface area contributed by atoms with E-state index in [1.165, 1.54) is 11.8 Å². The molecule has 6 heteroatoms. The van der Waals surface area contributed by atoms with Crippen molar-refractivity contribution in [2.24, 2.45) is 5.73 Å². The molecule has 0 aliphatic rings. The number of amidine groups is 1. The topological polar surface area (TPSA) is 75.9 Å². The van der Waals surface area contributed by atoms with Crippen molar-refractivity contribution in [3.8, 4) is 0 Å². The first-order chi connectivity index (χ1) is 9.63. The minimum Gasteiger partial charge on any atom is -0.431 e. The smallest absolute Gasteiger partial charge is 0.261 e. The number of hydrogen-bond acceptors (Lipinski definition) is 4. The van der Waals surface area contributed by atoms with Gasteiger partial charge in [0.05, 0.1) is 5.02 Å². The van der Waals surface area contributed by atoms with E-state index in [9.17, 15) is 0 Å². The average Bonchev–Trinajstić information content (AvgIpc) is 2.80. The second kappa shape index (κ2) is 5.19. The van der Waals surface area contributed by atoms with Crippen LogP contribution in [0, 0.1) is 5.41 Å². The molecular weight excluding hydrogens is 294 g/mol. The van der Waals surface area contributed by atoms with Gasteiger partial charge < -0.3 is 10.2 Å². The number of aromatic nitrogens is 1. The molecular formula is C14H10ClN3OS. The number of nitrogens with two attached hydrogens (primary N) is 1. The number of oxazole rings is 1. The highest BCUT2D eigenvalue weighted by atomic mass is 35.5. The normalized spacial score (nSPS) is 10.8. The molecule has 1 aromatic heterocycles. The highest BCUT2D eigenvalue weighted by molar-refractivity contribution is 7.99. The van der Waals surface area contributed by atoms with Crippen LogP contribution in [-0.2, 0) is 0 Å². The number of nitrogens with zero attached hydrogens (tertiary/aromatic N) is 1. The first-order valence-electron chi connectivity index (χ1n) is 5.81. The van der Waals surface area contributed by atoms with Crippen LogP contribution in [-0.4, -0.2) is 10.8 Å². The van der Waals surface area contributed by atoms with Crippen LogP contribution < -0.4 is 5.73 Å². The van der Waals surface area contributed by atoms with Gasteiger partial charge in [0.2, 0.25) is 0 Å². The number of benzene rings is 2. The molecule has 3 aromatic rings. The van der Waals surface area contributed by atoms with Crippen molar-refractivity contribution in [1.29, 1.82) is 5.41 Å². The Morgan fingerprint density at radius 3 is 2.75 bits per heavy atom. The van der Waals surface area contributed by atoms with Gasteiger partial charge in [0.15, 0.2) is 5.58 Å². The Kier molecular flexibility index (Phi) is 3.38. The van der Waals surface area contributed by atoms with Gasteiger partial charge in [-0.25, -0.2) is 4.98 Å². The highest BCUT2D eigenvalue weighted by Crippen LogP contribution is 2.32. The average molecular weight is 304 g/mol. The summed E-state index contributed by atoms with van der Waals surface area (Å²) in [6.07, 6.45) is 0. The van der Waals surface area contributed by atoms with E-state index in [2.05, 4.69) is 4.98 Å². The Morgan fingerprint density at radius 1 is 1.25 bits per heavy atom. The molecule has 0 bridgehead atoms. The minimum atomic E-state index is -0.0478. The van der Waals surface area contributed by atoms with Crippen LogP contribution in [0.1, 0.15) is 5.56 Å². The number of nitrogens with one attached hydrogen (secondary N) is 1. The predicted octanol–water partition coefficient (Wildman–Crippen LogP) is 3.92. The minimum absolute atomic E-state index is 0.0478. The van der Waals surface area contributed by atoms with Gasteiger partial charge in [0.1, 0.15) is 11.4 Å². The lowest BCUT2D eigenvalue weighted by molar-refractivity contribution is 0.489. The Hall–Kier alpha value is -1.98. The van der Waals surface area contributed by atoms with Crippen molar-refractivity contribution < 1.29 is 4.42 Å². The molecule has 3 rings (SSSR count). The van der Waals surface area contributed by atoms with Crippen molar-refractivity contribution in [3.05, 3.63) is 53.1 Å². The summed E-state index contributed by atoms with van der Waals surface area (Å²) in [5, 5.41) is 8.39. The van der Waals surface area contributed by atoms with Gasteiger partial charge in [-0.15, -0.1) is 0 Å². The predicted molar refractivity (Wildman–Crippen MR) is 80.6 cm³/mol. The molecule has 0 fully saturated rings. The molecule has 3 N–H and O–H groups in total. The van der Waals surface area contributed by atoms with Gasteiger partial charge >= 0.3 is 0 Å². The summed E-state index contributed by atoms with van der Waals surface area (Å²) in [5.41, 5.74) is 7.52. The first-order valence-corrected chi connectivity index (χ1v) is 7.00. The third-order valence-electron chi connectivity index (χ3n) is 2.71. The molecule has 0 aliphatic heterocycles. The van der Waals surface area contributed by atoms with Crippen LogP contribution in [0.4, 0.5) is 0 Å². The zero-order valence-corrected chi connectivity index (χ0v) is 11.8. The van der Waals surface area contributed by atoms with E-state index in [1.54, 1.807) is 12.1 Å². The number of nitrogen functional groups attached to an aromatic ring is 1. The van der Waals surface area contributed by atoms with Crippen molar-refractivity contribution in [2.75, 3.05) is 0 Å². The molecule has 0 radical (unpaired) electrons. The second-order valence-corrected chi connectivity index (χ2v) is 5.54. The van der Waals surface area contributed by atoms with Crippen molar-refractivity contribution in [1.82, 2.24) is 4.98 Å². The lowest BCUT2D eigenvalue weighted by atomic mass is 10.2. The van der Waals surface area contributed by atoms with Crippen molar-refractivity contribution >= 4 is 40.3 Å². The molecule has 1 heterocycles. The monoisotopic (exact) mass is 303 g/mol. The fourth-order valence-corrected chi connectivity index (χ4v) is 2.91. The molecule has 100 valence electrons. The van der Waals surface area contributed by atoms with Gasteiger partial charge in [-0.2, -0.15) is 0 Å². The van der Waals surface area contributed by atoms with Crippen LogP contribution in [0.2, 0.25) is 5.02 Å². The lowest BCUT2D eigenvalue weighted by Crippen LogP contribution is -2.11. The number of para-hydroxylation sites is 2. The Bertz CT molecular complexity index is 767. The number of hydrogen-bond donors (Lipinski definition) is 2. The largest absolute Gasteiger partial charge is 0.431 e. The second-order valence-electron chi connectivity index (χ2n) is 4.10. The molecule has 20 heavy (non-hydrogen) atoms. The molecule has 0 spiro atoms. The van der Waals surface area contributed by atoms with Gasteiger partial charge in [-0.3, -0.25) is 5.41 Å². The summed E-state index contributed by atoms with van der Waals surface area (Å²) in [6.45, 7) is 0. The van der Waals surface area contributed by atoms with E-state index in [1.807, 2.05) is 30.3 Å². The van der Waals surface area contributed by atoms with Gasteiger partial charge in [0.25, 0.3) is 5.22 Å². The molecule has 2 aromatic carbocycles. The number of fused-ring (bicyclic) bond motifs is 1. The van der Waals surface area contributed by atoms with Crippen LogP contribution in [0.3, 0.4) is 0 Å². The molecule has 0 unspecified atom stereocenters. The molecule has 0 saturated carbocycles. The zero-order valence-electron chi connectivity index (χ0n) is 10.3. The quantitative estimate of drug-likeness (QED) is 0.568. The maximum absolute atomic E-state index is 7.40. The molecule has 0 aliphatic carbocycles. The Labute approximate surface area is 124 Å². The summed E-state index contributed by atoms with van der Waals surface area (Å²) >= 11 is 7.46. The zero-order chi connectivity index (χ0) is 14.1. The summed E-state index contributed by atoms with van der Waals surface area (Å²) in [7, 11) is 0. The van der Waals surface area contributed by atoms with Gasteiger partial charge in [-0.05, 0) is 42.1 Å². The highest BCUT2D eigenvalue weighted by Gasteiger charge is 2.09. The third-order valence-corrected chi connectivity index (χ3v) is 3.86. The molecule has 4 nitrogen and oxygen atoms in total. The number of rotatable bonds is 3. The number of halogens is 1. The Balaban J connectivity index is 1.90. The van der Waals surface area contributed by atoms with E-state index >= 15 is 0 Å². The van der Waals surface area contributed by atoms with E-state index in [4.69, 9.17) is 27.2 Å². The summed E-state index contributed by atoms with van der Waals surface area (Å²) in [4.78, 5) is 5.26. The van der Waals surface area contributed by atoms with E-state index in [0.29, 0.717) is 15.8 Å². The lowest BCUT2D eigenvalue weighted by Gasteiger charge is -2.03. The SMILES string of the molecule is N=C(N)c1ccc(Sc2nc3ccccc3o2)cc1Cl. The van der Waals surface area contributed by atoms with Crippen molar-refractivity contribution in [3.63, 3.8) is 0 Å². The Morgan fingerprint density at radius 2 is 2.05 bits per heavy atom. The first kappa shape index (κ1) is 13.0. The van der Waals surface area contributed by atoms with Crippen LogP contribution in [0.25, 0.3) is 11.1 Å². The van der Waals surface area contributed by atoms with Crippen LogP contribution >= 0.6 is 23.4 Å². The van der Waals surface area contributed by atoms with E-state index in [-0.39, 0.29) is 5.84 Å². The molecule has 0 atom stereocenters. The van der Waals surface area contributed by atoms with Crippen LogP contribution in [0.5, 0.6) is 0 Å². The fourth-order valence-electron chi connectivity index (χ4n) is 1.77. The fraction of sp³-hybridized carbons (Fsp3) is 0. The van der Waals surface area contributed by atoms with Crippen LogP contribution in [0.15, 0.2) is 57.0 Å². The summed E-state index contributed by atoms with van der Waals surface area (Å²) < 4.78 is 5.63. The maximum atomic E-state index is 7.40. The van der Waals surface area contributed by atoms with Crippen molar-refractivity contribution in [2.45, 2.75) is 10.1 Å². The summed E-state index contributed by atoms with van der Waals surface area (Å²) in [6, 6.07) is 12.9. The molecule has 0 amide bonds. The maximum Gasteiger partial charge on any atom is 0.261 e. The summed E-state index contributed by atoms with van der Waals surface area (Å²) in [5.74, 6) is -0.0478. The van der Waals surface area contributed by atoms with E-state index < -0.39 is 0 Å². The molecule has 0 saturated heterocycles.